The summed E-state index contributed by atoms with van der Waals surface area (Å²) in [6, 6.07) is -0.0463. The summed E-state index contributed by atoms with van der Waals surface area (Å²) in [6.07, 6.45) is 1.97. The molecule has 1 rings (SSSR count). The van der Waals surface area contributed by atoms with Crippen molar-refractivity contribution in [2.24, 2.45) is 5.84 Å². The molecule has 0 unspecified atom stereocenters. The van der Waals surface area contributed by atoms with Crippen LogP contribution in [0, 0.1) is 0 Å². The van der Waals surface area contributed by atoms with Gasteiger partial charge in [-0.15, -0.1) is 0 Å². The summed E-state index contributed by atoms with van der Waals surface area (Å²) in [6.45, 7) is 0.929. The molecule has 0 spiro atoms. The topological polar surface area (TPSA) is 67.1 Å². The third-order valence-corrected chi connectivity index (χ3v) is 1.52. The molecule has 0 aromatic heterocycles. The molecule has 4 nitrogen and oxygen atoms in total. The van der Waals surface area contributed by atoms with E-state index in [-0.39, 0.29) is 11.9 Å². The highest BCUT2D eigenvalue weighted by Gasteiger charge is 2.20. The van der Waals surface area contributed by atoms with Crippen LogP contribution in [-0.2, 0) is 4.79 Å². The molecule has 1 heterocycles. The molecule has 9 heavy (non-hydrogen) atoms. The lowest BCUT2D eigenvalue weighted by Gasteiger charge is -2.05. The number of nitrogens with two attached hydrogens (primary N) is 1. The quantitative estimate of drug-likeness (QED) is 0.235. The lowest BCUT2D eigenvalue weighted by atomic mass is 10.2. The number of carbonyl (C=O) groups excluding carboxylic acids is 1. The highest BCUT2D eigenvalue weighted by atomic mass is 16.2. The number of amides is 1. The van der Waals surface area contributed by atoms with E-state index in [4.69, 9.17) is 5.84 Å². The molecule has 0 aromatic carbocycles. The van der Waals surface area contributed by atoms with Crippen LogP contribution >= 0.6 is 0 Å². The fraction of sp³-hybridized carbons (Fsp3) is 0.800. The first kappa shape index (κ1) is 6.51. The molecule has 0 saturated carbocycles. The van der Waals surface area contributed by atoms with E-state index in [9.17, 15) is 4.79 Å². The standard InChI is InChI=1S/C5H11N3O/c6-8-5(9)4-2-1-3-7-4/h4,7H,1-3,6H2,(H,8,9)/t4-/m0/s1. The molecule has 0 radical (unpaired) electrons. The Hall–Kier alpha value is -0.610. The van der Waals surface area contributed by atoms with Crippen LogP contribution in [0.15, 0.2) is 0 Å². The van der Waals surface area contributed by atoms with Gasteiger partial charge in [0.25, 0.3) is 5.91 Å². The predicted octanol–water partition coefficient (Wildman–Crippen LogP) is -1.27. The molecule has 0 bridgehead atoms. The maximum atomic E-state index is 10.7. The van der Waals surface area contributed by atoms with Crippen molar-refractivity contribution in [3.05, 3.63) is 0 Å². The molecular formula is C5H11N3O. The lowest BCUT2D eigenvalue weighted by molar-refractivity contribution is -0.122. The number of rotatable bonds is 1. The molecule has 1 amide bonds. The minimum Gasteiger partial charge on any atom is -0.306 e. The first-order valence-electron chi connectivity index (χ1n) is 3.08. The van der Waals surface area contributed by atoms with Crippen molar-refractivity contribution in [2.75, 3.05) is 6.54 Å². The van der Waals surface area contributed by atoms with Crippen LogP contribution < -0.4 is 16.6 Å². The van der Waals surface area contributed by atoms with Gasteiger partial charge in [-0.1, -0.05) is 0 Å². The number of hydrogen-bond acceptors (Lipinski definition) is 3. The first-order valence-corrected chi connectivity index (χ1v) is 3.08. The van der Waals surface area contributed by atoms with Gasteiger partial charge in [-0.2, -0.15) is 0 Å². The Morgan fingerprint density at radius 2 is 2.56 bits per heavy atom. The summed E-state index contributed by atoms with van der Waals surface area (Å²) < 4.78 is 0. The van der Waals surface area contributed by atoms with E-state index in [1.807, 2.05) is 0 Å². The summed E-state index contributed by atoms with van der Waals surface area (Å²) in [5, 5.41) is 3.02. The van der Waals surface area contributed by atoms with E-state index >= 15 is 0 Å². The number of hydrazine groups is 1. The maximum absolute atomic E-state index is 10.7. The van der Waals surface area contributed by atoms with Gasteiger partial charge in [-0.05, 0) is 19.4 Å². The first-order chi connectivity index (χ1) is 4.34. The largest absolute Gasteiger partial charge is 0.306 e. The molecule has 0 aliphatic carbocycles. The Labute approximate surface area is 53.8 Å². The molecule has 1 atom stereocenters. The molecule has 1 fully saturated rings. The van der Waals surface area contributed by atoms with Gasteiger partial charge in [-0.25, -0.2) is 5.84 Å². The van der Waals surface area contributed by atoms with Crippen molar-refractivity contribution in [3.8, 4) is 0 Å². The third-order valence-electron chi connectivity index (χ3n) is 1.52. The van der Waals surface area contributed by atoms with E-state index < -0.39 is 0 Å². The Balaban J connectivity index is 2.32. The van der Waals surface area contributed by atoms with E-state index in [1.165, 1.54) is 0 Å². The average Bonchev–Trinajstić information content (AvgIpc) is 2.37. The second kappa shape index (κ2) is 2.80. The van der Waals surface area contributed by atoms with Crippen molar-refractivity contribution in [1.82, 2.24) is 10.7 Å². The molecule has 0 aromatic rings. The van der Waals surface area contributed by atoms with Crippen LogP contribution in [0.25, 0.3) is 0 Å². The van der Waals surface area contributed by atoms with Crippen LogP contribution in [-0.4, -0.2) is 18.5 Å². The molecule has 1 saturated heterocycles. The van der Waals surface area contributed by atoms with Gasteiger partial charge >= 0.3 is 0 Å². The summed E-state index contributed by atoms with van der Waals surface area (Å²) in [4.78, 5) is 10.7. The fourth-order valence-corrected chi connectivity index (χ4v) is 1.01. The van der Waals surface area contributed by atoms with Crippen LogP contribution in [0.5, 0.6) is 0 Å². The average molecular weight is 129 g/mol. The van der Waals surface area contributed by atoms with Crippen molar-refractivity contribution in [3.63, 3.8) is 0 Å². The van der Waals surface area contributed by atoms with E-state index in [2.05, 4.69) is 10.7 Å². The summed E-state index contributed by atoms with van der Waals surface area (Å²) in [7, 11) is 0. The summed E-state index contributed by atoms with van der Waals surface area (Å²) in [5.41, 5.74) is 2.11. The molecular weight excluding hydrogens is 118 g/mol. The molecule has 1 aliphatic rings. The summed E-state index contributed by atoms with van der Waals surface area (Å²) >= 11 is 0. The minimum atomic E-state index is -0.104. The van der Waals surface area contributed by atoms with Crippen LogP contribution in [0.3, 0.4) is 0 Å². The van der Waals surface area contributed by atoms with Crippen LogP contribution in [0.2, 0.25) is 0 Å². The zero-order chi connectivity index (χ0) is 6.69. The minimum absolute atomic E-state index is 0.0463. The van der Waals surface area contributed by atoms with Gasteiger partial charge in [0.2, 0.25) is 0 Å². The number of hydrogen-bond donors (Lipinski definition) is 3. The zero-order valence-electron chi connectivity index (χ0n) is 5.18. The Morgan fingerprint density at radius 1 is 1.78 bits per heavy atom. The highest BCUT2D eigenvalue weighted by molar-refractivity contribution is 5.81. The van der Waals surface area contributed by atoms with Crippen molar-refractivity contribution in [2.45, 2.75) is 18.9 Å². The normalized spacial score (nSPS) is 26.1. The SMILES string of the molecule is NNC(=O)[C@@H]1CCCN1. The Kier molecular flexibility index (Phi) is 2.02. The number of carbonyl (C=O) groups is 1. The zero-order valence-corrected chi connectivity index (χ0v) is 5.18. The number of nitrogens with one attached hydrogen (secondary N) is 2. The molecule has 4 N–H and O–H groups in total. The third kappa shape index (κ3) is 1.40. The van der Waals surface area contributed by atoms with Gasteiger partial charge in [-0.3, -0.25) is 10.2 Å². The summed E-state index contributed by atoms with van der Waals surface area (Å²) in [5.74, 6) is 4.81. The maximum Gasteiger partial charge on any atom is 0.251 e. The van der Waals surface area contributed by atoms with Crippen molar-refractivity contribution < 1.29 is 4.79 Å². The Morgan fingerprint density at radius 3 is 3.00 bits per heavy atom. The predicted molar refractivity (Wildman–Crippen MR) is 33.4 cm³/mol. The second-order valence-corrected chi connectivity index (χ2v) is 2.16. The van der Waals surface area contributed by atoms with Crippen molar-refractivity contribution in [1.29, 1.82) is 0 Å². The smallest absolute Gasteiger partial charge is 0.251 e. The van der Waals surface area contributed by atoms with E-state index in [0.717, 1.165) is 19.4 Å². The second-order valence-electron chi connectivity index (χ2n) is 2.16. The van der Waals surface area contributed by atoms with Gasteiger partial charge in [0, 0.05) is 0 Å². The molecule has 52 valence electrons. The fourth-order valence-electron chi connectivity index (χ4n) is 1.01. The lowest BCUT2D eigenvalue weighted by Crippen LogP contribution is -2.43. The van der Waals surface area contributed by atoms with Gasteiger partial charge in [0.05, 0.1) is 6.04 Å². The van der Waals surface area contributed by atoms with E-state index in [1.54, 1.807) is 0 Å². The Bertz CT molecular complexity index is 109. The monoisotopic (exact) mass is 129 g/mol. The van der Waals surface area contributed by atoms with Gasteiger partial charge < -0.3 is 5.32 Å². The van der Waals surface area contributed by atoms with Gasteiger partial charge in [0.15, 0.2) is 0 Å². The van der Waals surface area contributed by atoms with Crippen LogP contribution in [0.4, 0.5) is 0 Å². The van der Waals surface area contributed by atoms with Crippen molar-refractivity contribution >= 4 is 5.91 Å². The van der Waals surface area contributed by atoms with Crippen LogP contribution in [0.1, 0.15) is 12.8 Å². The molecule has 4 heteroatoms. The highest BCUT2D eigenvalue weighted by Crippen LogP contribution is 2.03. The molecule has 1 aliphatic heterocycles. The van der Waals surface area contributed by atoms with Gasteiger partial charge in [0.1, 0.15) is 0 Å². The van der Waals surface area contributed by atoms with E-state index in [0.29, 0.717) is 0 Å².